The van der Waals surface area contributed by atoms with Crippen LogP contribution in [0.1, 0.15) is 89.2 Å². The molecule has 0 radical (unpaired) electrons. The van der Waals surface area contributed by atoms with Gasteiger partial charge in [0.1, 0.15) is 17.5 Å². The van der Waals surface area contributed by atoms with Crippen LogP contribution in [0, 0.1) is 23.2 Å². The second-order valence-corrected chi connectivity index (χ2v) is 10.7. The maximum Gasteiger partial charge on any atom is 0.137 e. The molecule has 1 aliphatic heterocycles. The molecule has 1 unspecified atom stereocenters. The van der Waals surface area contributed by atoms with Gasteiger partial charge in [-0.25, -0.2) is 0 Å². The van der Waals surface area contributed by atoms with Crippen molar-refractivity contribution in [3.8, 4) is 11.8 Å². The summed E-state index contributed by atoms with van der Waals surface area (Å²) in [6, 6.07) is 9.01. The van der Waals surface area contributed by atoms with Gasteiger partial charge in [-0.05, 0) is 66.4 Å². The van der Waals surface area contributed by atoms with E-state index in [1.807, 2.05) is 13.2 Å². The van der Waals surface area contributed by atoms with Gasteiger partial charge >= 0.3 is 0 Å². The lowest BCUT2D eigenvalue weighted by Gasteiger charge is -2.52. The summed E-state index contributed by atoms with van der Waals surface area (Å²) in [7, 11) is 0. The maximum atomic E-state index is 12.2. The highest BCUT2D eigenvalue weighted by Gasteiger charge is 2.63. The Morgan fingerprint density at radius 3 is 2.62 bits per heavy atom. The van der Waals surface area contributed by atoms with E-state index in [9.17, 15) is 9.90 Å². The number of ether oxygens (including phenoxy) is 1. The molecule has 0 amide bonds. The number of rotatable bonds is 2. The number of hydrogen-bond donors (Lipinski definition) is 1. The van der Waals surface area contributed by atoms with E-state index in [0.717, 1.165) is 24.8 Å². The van der Waals surface area contributed by atoms with Crippen LogP contribution in [-0.4, -0.2) is 22.6 Å². The van der Waals surface area contributed by atoms with Crippen molar-refractivity contribution in [1.29, 1.82) is 0 Å². The number of carbonyl (C=O) groups is 1. The lowest BCUT2D eigenvalue weighted by molar-refractivity contribution is -0.119. The number of carbonyl (C=O) groups excluding carboxylic acids is 1. The molecule has 3 aliphatic carbocycles. The Hall–Kier alpha value is -2.31. The van der Waals surface area contributed by atoms with Gasteiger partial charge in [0.15, 0.2) is 0 Å². The minimum absolute atomic E-state index is 0.0526. The molecule has 3 heteroatoms. The van der Waals surface area contributed by atoms with Gasteiger partial charge in [-0.3, -0.25) is 4.79 Å². The van der Waals surface area contributed by atoms with E-state index in [4.69, 9.17) is 4.74 Å². The fourth-order valence-corrected chi connectivity index (χ4v) is 6.83. The summed E-state index contributed by atoms with van der Waals surface area (Å²) in [6.45, 7) is 8.47. The lowest BCUT2D eigenvalue weighted by atomic mass is 9.55. The number of Topliss-reactive ketones (excluding diaryl/α,β-unsaturated/α-hetero) is 1. The molecule has 0 spiro atoms. The zero-order chi connectivity index (χ0) is 22.7. The number of allylic oxidation sites excluding steroid dienone is 2. The number of aliphatic hydroxyl groups is 1. The van der Waals surface area contributed by atoms with Crippen molar-refractivity contribution in [2.75, 3.05) is 0 Å². The van der Waals surface area contributed by atoms with Crippen LogP contribution in [0.2, 0.25) is 0 Å². The molecular weight excluding hydrogens is 396 g/mol. The third-order valence-corrected chi connectivity index (χ3v) is 8.73. The fraction of sp³-hybridized carbons (Fsp3) is 0.552. The first-order valence-electron chi connectivity index (χ1n) is 12.1. The minimum Gasteiger partial charge on any atom is -0.493 e. The molecule has 4 aliphatic rings. The molecule has 3 fully saturated rings. The summed E-state index contributed by atoms with van der Waals surface area (Å²) in [5, 5.41) is 11.7. The molecule has 0 saturated heterocycles. The average molecular weight is 431 g/mol. The van der Waals surface area contributed by atoms with Gasteiger partial charge in [-0.15, -0.1) is 5.92 Å². The van der Waals surface area contributed by atoms with Crippen molar-refractivity contribution >= 4 is 5.78 Å². The molecule has 168 valence electrons. The van der Waals surface area contributed by atoms with E-state index in [2.05, 4.69) is 56.9 Å². The maximum absolute atomic E-state index is 12.2. The van der Waals surface area contributed by atoms with Crippen LogP contribution in [0.15, 0.2) is 47.2 Å². The second kappa shape index (κ2) is 7.63. The predicted molar refractivity (Wildman–Crippen MR) is 126 cm³/mol. The molecule has 1 heterocycles. The number of hydrogen-bond acceptors (Lipinski definition) is 3. The molecule has 0 aromatic heterocycles. The van der Waals surface area contributed by atoms with Gasteiger partial charge in [-0.2, -0.15) is 0 Å². The lowest BCUT2D eigenvalue weighted by Crippen LogP contribution is -2.53. The monoisotopic (exact) mass is 430 g/mol. The molecule has 1 aromatic carbocycles. The first-order valence-corrected chi connectivity index (χ1v) is 12.1. The van der Waals surface area contributed by atoms with Gasteiger partial charge in [-0.1, -0.05) is 51.0 Å². The second-order valence-electron chi connectivity index (χ2n) is 10.7. The zero-order valence-corrected chi connectivity index (χ0v) is 19.7. The highest BCUT2D eigenvalue weighted by Crippen LogP contribution is 2.64. The van der Waals surface area contributed by atoms with Gasteiger partial charge in [0, 0.05) is 30.1 Å². The highest BCUT2D eigenvalue weighted by molar-refractivity contribution is 5.84. The molecule has 5 rings (SSSR count). The summed E-state index contributed by atoms with van der Waals surface area (Å²) in [5.74, 6) is 7.37. The first kappa shape index (κ1) is 21.5. The van der Waals surface area contributed by atoms with Crippen LogP contribution in [0.3, 0.4) is 0 Å². The van der Waals surface area contributed by atoms with Gasteiger partial charge in [0.2, 0.25) is 0 Å². The van der Waals surface area contributed by atoms with Crippen molar-refractivity contribution in [3.63, 3.8) is 0 Å². The third-order valence-electron chi connectivity index (χ3n) is 8.73. The average Bonchev–Trinajstić information content (AvgIpc) is 3.03. The summed E-state index contributed by atoms with van der Waals surface area (Å²) < 4.78 is 6.43. The summed E-state index contributed by atoms with van der Waals surface area (Å²) >= 11 is 0. The van der Waals surface area contributed by atoms with Crippen molar-refractivity contribution in [2.45, 2.75) is 89.8 Å². The largest absolute Gasteiger partial charge is 0.493 e. The molecule has 32 heavy (non-hydrogen) atoms. The topological polar surface area (TPSA) is 46.5 Å². The van der Waals surface area contributed by atoms with Crippen LogP contribution in [0.4, 0.5) is 0 Å². The van der Waals surface area contributed by atoms with Crippen molar-refractivity contribution < 1.29 is 14.6 Å². The number of fused-ring (bicyclic) bond motifs is 4. The quantitative estimate of drug-likeness (QED) is 0.603. The van der Waals surface area contributed by atoms with E-state index < -0.39 is 5.60 Å². The normalized spacial score (nSPS) is 35.9. The minimum atomic E-state index is -0.991. The summed E-state index contributed by atoms with van der Waals surface area (Å²) in [5.41, 5.74) is 5.06. The third kappa shape index (κ3) is 3.11. The van der Waals surface area contributed by atoms with Crippen LogP contribution >= 0.6 is 0 Å². The summed E-state index contributed by atoms with van der Waals surface area (Å²) in [4.78, 5) is 12.2. The fourth-order valence-electron chi connectivity index (χ4n) is 6.83. The van der Waals surface area contributed by atoms with Crippen molar-refractivity contribution in [1.82, 2.24) is 0 Å². The molecule has 3 nitrogen and oxygen atoms in total. The Morgan fingerprint density at radius 2 is 1.94 bits per heavy atom. The Balaban J connectivity index is 1.65. The molecule has 1 aromatic rings. The summed E-state index contributed by atoms with van der Waals surface area (Å²) in [6.07, 6.45) is 6.16. The van der Waals surface area contributed by atoms with E-state index in [-0.39, 0.29) is 23.4 Å². The molecule has 3 saturated carbocycles. The molecule has 5 atom stereocenters. The predicted octanol–water partition coefficient (Wildman–Crippen LogP) is 5.80. The molecular formula is C29H34O3. The Kier molecular flexibility index (Phi) is 5.13. The van der Waals surface area contributed by atoms with E-state index in [0.29, 0.717) is 31.0 Å². The Labute approximate surface area is 191 Å². The zero-order valence-electron chi connectivity index (χ0n) is 19.7. The number of benzene rings is 1. The van der Waals surface area contributed by atoms with Crippen LogP contribution in [-0.2, 0) is 9.53 Å². The standard InChI is InChI=1S/C29H34O3/c1-5-13-29(31)14-12-25-27-26(23-11-10-22(30)15-21(23)17-32-27)24(16-28(25,29)4)20-8-6-19(7-9-20)18(2)3/h6-9,17-18,24-25,27,31H,10-12,14-16H2,1-4H3/t24?,25-,27-,28-,29-/m0/s1. The van der Waals surface area contributed by atoms with Gasteiger partial charge in [0.05, 0.1) is 6.26 Å². The van der Waals surface area contributed by atoms with Crippen molar-refractivity contribution in [2.24, 2.45) is 11.3 Å². The van der Waals surface area contributed by atoms with Crippen LogP contribution in [0.25, 0.3) is 0 Å². The van der Waals surface area contributed by atoms with Crippen LogP contribution < -0.4 is 0 Å². The van der Waals surface area contributed by atoms with Crippen molar-refractivity contribution in [3.05, 3.63) is 58.4 Å². The van der Waals surface area contributed by atoms with E-state index in [1.54, 1.807) is 0 Å². The Morgan fingerprint density at radius 1 is 1.19 bits per heavy atom. The smallest absolute Gasteiger partial charge is 0.137 e. The van der Waals surface area contributed by atoms with E-state index in [1.165, 1.54) is 22.3 Å². The van der Waals surface area contributed by atoms with Crippen LogP contribution in [0.5, 0.6) is 0 Å². The molecule has 1 N–H and O–H groups in total. The first-order chi connectivity index (χ1) is 15.3. The molecule has 0 bridgehead atoms. The van der Waals surface area contributed by atoms with Gasteiger partial charge < -0.3 is 9.84 Å². The Bertz CT molecular complexity index is 1060. The number of ketones is 1. The van der Waals surface area contributed by atoms with E-state index >= 15 is 0 Å². The van der Waals surface area contributed by atoms with Gasteiger partial charge in [0.25, 0.3) is 0 Å². The highest BCUT2D eigenvalue weighted by atomic mass is 16.5. The SMILES string of the molecule is CC#C[C@]1(O)CC[C@H]2[C@@H]3OC=C4CC(=O)CCC4=C3C(c3ccc(C(C)C)cc3)C[C@@]21C.